The number of nitrogens with zero attached hydrogens (tertiary/aromatic N) is 6. The molecule has 2 atom stereocenters. The summed E-state index contributed by atoms with van der Waals surface area (Å²) in [5, 5.41) is 49.9. The third-order valence-electron chi connectivity index (χ3n) is 8.69. The number of H-pyrrole nitrogens is 2. The molecule has 340 valence electrons. The van der Waals surface area contributed by atoms with Gasteiger partial charge in [0.1, 0.15) is 12.1 Å². The molecule has 6 aromatic rings. The van der Waals surface area contributed by atoms with Gasteiger partial charge in [0.05, 0.1) is 36.9 Å². The van der Waals surface area contributed by atoms with Crippen molar-refractivity contribution in [3.63, 3.8) is 0 Å². The molecule has 2 aromatic carbocycles. The molecule has 2 amide bonds. The molecular formula is C38H38CaN14O13. The summed E-state index contributed by atoms with van der Waals surface area (Å²) in [4.78, 5) is 121. The van der Waals surface area contributed by atoms with Crippen molar-refractivity contribution in [3.8, 4) is 0 Å². The predicted molar refractivity (Wildman–Crippen MR) is 228 cm³/mol. The van der Waals surface area contributed by atoms with E-state index in [-0.39, 0.29) is 114 Å². The molecule has 14 N–H and O–H groups in total. The number of carboxylic acids is 4. The maximum atomic E-state index is 12.3. The number of nitrogen functional groups attached to an aromatic ring is 2. The molecule has 66 heavy (non-hydrogen) atoms. The van der Waals surface area contributed by atoms with E-state index in [1.165, 1.54) is 36.7 Å². The molecule has 0 aliphatic rings. The van der Waals surface area contributed by atoms with Crippen LogP contribution in [0.3, 0.4) is 0 Å². The zero-order valence-corrected chi connectivity index (χ0v) is 36.4. The molecule has 4 aromatic heterocycles. The van der Waals surface area contributed by atoms with Crippen LogP contribution >= 0.6 is 0 Å². The number of nitrogens with one attached hydrogen (secondary N) is 6. The fourth-order valence-corrected chi connectivity index (χ4v) is 5.50. The van der Waals surface area contributed by atoms with E-state index in [9.17, 15) is 48.6 Å². The number of benzene rings is 2. The normalized spacial score (nSPS) is 11.3. The summed E-state index contributed by atoms with van der Waals surface area (Å²) in [5.74, 6) is -6.91. The largest absolute Gasteiger partial charge is 2.00 e. The van der Waals surface area contributed by atoms with Gasteiger partial charge < -0.3 is 68.2 Å². The van der Waals surface area contributed by atoms with E-state index >= 15 is 0 Å². The number of amides is 2. The smallest absolute Gasteiger partial charge is 0.550 e. The van der Waals surface area contributed by atoms with Crippen LogP contribution in [0.15, 0.2) is 70.5 Å². The van der Waals surface area contributed by atoms with Crippen LogP contribution in [0.25, 0.3) is 22.3 Å². The van der Waals surface area contributed by atoms with Gasteiger partial charge in [-0.05, 0) is 74.2 Å². The van der Waals surface area contributed by atoms with Crippen molar-refractivity contribution in [2.24, 2.45) is 0 Å². The Morgan fingerprint density at radius 2 is 0.955 bits per heavy atom. The van der Waals surface area contributed by atoms with Gasteiger partial charge in [-0.1, -0.05) is 0 Å². The van der Waals surface area contributed by atoms with E-state index in [1.807, 2.05) is 0 Å². The maximum Gasteiger partial charge on any atom is 2.00 e. The molecule has 0 fully saturated rings. The Hall–Kier alpha value is -7.88. The number of hydrogen-bond acceptors (Lipinski definition) is 20. The van der Waals surface area contributed by atoms with Gasteiger partial charge >= 0.3 is 49.7 Å². The number of anilines is 4. The van der Waals surface area contributed by atoms with Crippen molar-refractivity contribution in [2.75, 3.05) is 22.1 Å². The van der Waals surface area contributed by atoms with Crippen LogP contribution in [-0.2, 0) is 32.3 Å². The number of carbonyl (C=O) groups is 6. The van der Waals surface area contributed by atoms with E-state index in [0.717, 1.165) is 0 Å². The molecule has 28 heteroatoms. The maximum absolute atomic E-state index is 12.3. The van der Waals surface area contributed by atoms with Gasteiger partial charge in [0, 0.05) is 34.4 Å². The molecule has 0 radical (unpaired) electrons. The SMILES string of the molecule is Nc1nc2ncc(CNc3ccc(C(=O)N[C@@H](CCC(=O)[O-])C(=O)O)cc3)nc2c(=O)[nH]1.Nc1nc2ncc(CNc3ccc(C(=O)N[C@@H](CCC(=O)[O-])C(=O)O)cc3)nc2c(=O)[nH]1.O.[Ca+2]. The molecule has 0 saturated heterocycles. The average molecular weight is 939 g/mol. The first-order chi connectivity index (χ1) is 30.4. The standard InChI is InChI=1S/2C19H19N7O6.Ca.H2O/c2*20-19-25-15-14(17(30)26-19)23-11(8-22-15)7-21-10-3-1-9(2-4-10)16(29)24-12(18(31)32)5-6-13(27)28;;/h2*1-4,8,12,21H,5-7H2,(H,24,29)(H,27,28)(H,31,32)(H3,20,22,25,26,30);;1H2/q;;+2;/p-2/t2*12-;;/m00../s1. The molecule has 0 spiro atoms. The summed E-state index contributed by atoms with van der Waals surface area (Å²) in [6, 6.07) is 9.56. The minimum Gasteiger partial charge on any atom is -0.550 e. The monoisotopic (exact) mass is 938 g/mol. The first kappa shape index (κ1) is 52.5. The molecule has 4 heterocycles. The first-order valence-electron chi connectivity index (χ1n) is 18.6. The van der Waals surface area contributed by atoms with Gasteiger partial charge in [-0.15, -0.1) is 0 Å². The molecule has 0 aliphatic carbocycles. The van der Waals surface area contributed by atoms with E-state index in [2.05, 4.69) is 61.1 Å². The van der Waals surface area contributed by atoms with Crippen LogP contribution in [0, 0.1) is 0 Å². The van der Waals surface area contributed by atoms with Gasteiger partial charge in [-0.25, -0.2) is 29.5 Å². The van der Waals surface area contributed by atoms with Gasteiger partial charge in [-0.2, -0.15) is 9.97 Å². The van der Waals surface area contributed by atoms with E-state index in [1.54, 1.807) is 24.3 Å². The average Bonchev–Trinajstić information content (AvgIpc) is 3.25. The Labute approximate surface area is 399 Å². The van der Waals surface area contributed by atoms with Crippen LogP contribution in [0.2, 0.25) is 0 Å². The van der Waals surface area contributed by atoms with Crippen LogP contribution in [0.1, 0.15) is 57.8 Å². The van der Waals surface area contributed by atoms with E-state index in [0.29, 0.717) is 22.8 Å². The minimum absolute atomic E-state index is 0. The summed E-state index contributed by atoms with van der Waals surface area (Å²) in [6.45, 7) is 0.450. The summed E-state index contributed by atoms with van der Waals surface area (Å²) in [7, 11) is 0. The van der Waals surface area contributed by atoms with Crippen LogP contribution in [0.4, 0.5) is 23.3 Å². The number of carboxylic acid groups (broad SMARTS) is 4. The number of hydrogen-bond donors (Lipinski definition) is 10. The summed E-state index contributed by atoms with van der Waals surface area (Å²) < 4.78 is 0. The summed E-state index contributed by atoms with van der Waals surface area (Å²) in [5.41, 5.74) is 12.9. The number of aromatic nitrogens is 8. The second kappa shape index (κ2) is 24.3. The van der Waals surface area contributed by atoms with Gasteiger partial charge in [0.15, 0.2) is 22.3 Å². The van der Waals surface area contributed by atoms with Crippen LogP contribution < -0.4 is 54.1 Å². The Kier molecular flexibility index (Phi) is 19.3. The fraction of sp³-hybridized carbons (Fsp3) is 0.211. The van der Waals surface area contributed by atoms with Crippen molar-refractivity contribution in [3.05, 3.63) is 104 Å². The van der Waals surface area contributed by atoms with Crippen molar-refractivity contribution in [1.29, 1.82) is 0 Å². The Morgan fingerprint density at radius 1 is 0.606 bits per heavy atom. The second-order valence-electron chi connectivity index (χ2n) is 13.4. The van der Waals surface area contributed by atoms with E-state index in [4.69, 9.17) is 21.7 Å². The predicted octanol–water partition coefficient (Wildman–Crippen LogP) is -3.96. The summed E-state index contributed by atoms with van der Waals surface area (Å²) >= 11 is 0. The number of nitrogens with two attached hydrogens (primary N) is 2. The molecule has 0 bridgehead atoms. The van der Waals surface area contributed by atoms with Gasteiger partial charge in [0.25, 0.3) is 22.9 Å². The third kappa shape index (κ3) is 15.1. The van der Waals surface area contributed by atoms with Crippen LogP contribution in [0.5, 0.6) is 0 Å². The molecule has 0 aliphatic heterocycles. The number of fused-ring (bicyclic) bond motifs is 2. The van der Waals surface area contributed by atoms with Crippen LogP contribution in [-0.4, -0.2) is 141 Å². The summed E-state index contributed by atoms with van der Waals surface area (Å²) in [6.07, 6.45) is 1.32. The zero-order chi connectivity index (χ0) is 46.5. The molecular weight excluding hydrogens is 901 g/mol. The van der Waals surface area contributed by atoms with Gasteiger partial charge in [-0.3, -0.25) is 29.1 Å². The van der Waals surface area contributed by atoms with E-state index < -0.39 is 71.7 Å². The Bertz CT molecular complexity index is 2650. The zero-order valence-electron chi connectivity index (χ0n) is 34.2. The van der Waals surface area contributed by atoms with Crippen molar-refractivity contribution in [1.82, 2.24) is 50.5 Å². The molecule has 6 rings (SSSR count). The first-order valence-corrected chi connectivity index (χ1v) is 18.6. The van der Waals surface area contributed by atoms with Gasteiger partial charge in [0.2, 0.25) is 11.9 Å². The quantitative estimate of drug-likeness (QED) is 0.0368. The van der Waals surface area contributed by atoms with Crippen molar-refractivity contribution < 1.29 is 54.7 Å². The topological polar surface area (TPSA) is 464 Å². The molecule has 27 nitrogen and oxygen atoms in total. The minimum atomic E-state index is -1.40. The molecule has 0 saturated carbocycles. The number of aromatic amines is 2. The van der Waals surface area contributed by atoms with Crippen molar-refractivity contribution in [2.45, 2.75) is 50.9 Å². The number of carbonyl (C=O) groups excluding carboxylic acids is 4. The number of aliphatic carboxylic acids is 4. The second-order valence-corrected chi connectivity index (χ2v) is 13.4. The Morgan fingerprint density at radius 3 is 1.27 bits per heavy atom. The van der Waals surface area contributed by atoms with Crippen molar-refractivity contribution >= 4 is 119 Å². The Balaban J connectivity index is 0.000000340. The molecule has 0 unspecified atom stereocenters. The fourth-order valence-electron chi connectivity index (χ4n) is 5.50. The third-order valence-corrected chi connectivity index (χ3v) is 8.69. The number of rotatable bonds is 18.